The summed E-state index contributed by atoms with van der Waals surface area (Å²) in [7, 11) is 1.44. The molecule has 0 bridgehead atoms. The summed E-state index contributed by atoms with van der Waals surface area (Å²) in [5.41, 5.74) is 3.00. The van der Waals surface area contributed by atoms with Gasteiger partial charge in [0.05, 0.1) is 12.5 Å². The summed E-state index contributed by atoms with van der Waals surface area (Å²) in [6.45, 7) is 6.18. The molecule has 19 heavy (non-hydrogen) atoms. The molecular weight excluding hydrogens is 240 g/mol. The van der Waals surface area contributed by atoms with E-state index in [4.69, 9.17) is 4.74 Å². The highest BCUT2D eigenvalue weighted by Gasteiger charge is 2.52. The molecule has 1 saturated carbocycles. The van der Waals surface area contributed by atoms with Crippen LogP contribution in [0.5, 0.6) is 0 Å². The predicted octanol–water partition coefficient (Wildman–Crippen LogP) is 3.20. The van der Waals surface area contributed by atoms with E-state index >= 15 is 0 Å². The van der Waals surface area contributed by atoms with Crippen molar-refractivity contribution in [1.82, 2.24) is 0 Å². The van der Waals surface area contributed by atoms with Crippen molar-refractivity contribution in [3.63, 3.8) is 0 Å². The van der Waals surface area contributed by atoms with Gasteiger partial charge in [0.15, 0.2) is 5.78 Å². The van der Waals surface area contributed by atoms with Crippen LogP contribution in [0.25, 0.3) is 0 Å². The van der Waals surface area contributed by atoms with E-state index in [1.54, 1.807) is 6.08 Å². The summed E-state index contributed by atoms with van der Waals surface area (Å²) in [5.74, 6) is -0.0259. The number of hydrogen-bond donors (Lipinski definition) is 0. The van der Waals surface area contributed by atoms with Gasteiger partial charge in [-0.05, 0) is 50.7 Å². The average molecular weight is 262 g/mol. The lowest BCUT2D eigenvalue weighted by atomic mass is 9.58. The van der Waals surface area contributed by atoms with Crippen LogP contribution in [0.2, 0.25) is 0 Å². The molecule has 0 heterocycles. The van der Waals surface area contributed by atoms with Crippen molar-refractivity contribution < 1.29 is 14.3 Å². The summed E-state index contributed by atoms with van der Waals surface area (Å²) >= 11 is 0. The SMILES string of the molecule is COC(=O)C12CC(=C(C)C)CCC1=CC(=O)CC2C. The Bertz CT molecular complexity index is 480. The van der Waals surface area contributed by atoms with Crippen LogP contribution in [0.4, 0.5) is 0 Å². The van der Waals surface area contributed by atoms with E-state index < -0.39 is 5.41 Å². The monoisotopic (exact) mass is 262 g/mol. The Hall–Kier alpha value is -1.38. The molecule has 0 aromatic rings. The number of allylic oxidation sites excluding steroid dienone is 3. The van der Waals surface area contributed by atoms with Crippen LogP contribution in [-0.4, -0.2) is 18.9 Å². The van der Waals surface area contributed by atoms with Gasteiger partial charge in [-0.2, -0.15) is 0 Å². The first-order valence-electron chi connectivity index (χ1n) is 6.89. The van der Waals surface area contributed by atoms with E-state index in [0.29, 0.717) is 12.8 Å². The fourth-order valence-corrected chi connectivity index (χ4v) is 3.48. The third-order valence-corrected chi connectivity index (χ3v) is 4.70. The molecule has 3 heteroatoms. The lowest BCUT2D eigenvalue weighted by Gasteiger charge is -2.45. The molecule has 0 aromatic carbocycles. The molecule has 0 amide bonds. The van der Waals surface area contributed by atoms with Gasteiger partial charge in [-0.1, -0.05) is 18.1 Å². The topological polar surface area (TPSA) is 43.4 Å². The first-order valence-corrected chi connectivity index (χ1v) is 6.89. The molecule has 2 unspecified atom stereocenters. The minimum atomic E-state index is -0.604. The van der Waals surface area contributed by atoms with Gasteiger partial charge in [-0.25, -0.2) is 0 Å². The summed E-state index contributed by atoms with van der Waals surface area (Å²) in [5, 5.41) is 0. The zero-order valence-electron chi connectivity index (χ0n) is 12.2. The number of ketones is 1. The van der Waals surface area contributed by atoms with E-state index in [0.717, 1.165) is 18.4 Å². The largest absolute Gasteiger partial charge is 0.468 e. The number of fused-ring (bicyclic) bond motifs is 1. The molecule has 104 valence electrons. The fourth-order valence-electron chi connectivity index (χ4n) is 3.48. The maximum atomic E-state index is 12.4. The molecule has 2 rings (SSSR count). The Balaban J connectivity index is 2.54. The number of ether oxygens (including phenoxy) is 1. The molecule has 3 nitrogen and oxygen atoms in total. The van der Waals surface area contributed by atoms with Gasteiger partial charge in [0.25, 0.3) is 0 Å². The van der Waals surface area contributed by atoms with Crippen LogP contribution < -0.4 is 0 Å². The van der Waals surface area contributed by atoms with Crippen LogP contribution in [0.1, 0.15) is 46.5 Å². The molecule has 0 N–H and O–H groups in total. The van der Waals surface area contributed by atoms with Gasteiger partial charge in [0.1, 0.15) is 0 Å². The van der Waals surface area contributed by atoms with Crippen molar-refractivity contribution in [3.8, 4) is 0 Å². The first kappa shape index (κ1) is 14.0. The fraction of sp³-hybridized carbons (Fsp3) is 0.625. The second-order valence-corrected chi connectivity index (χ2v) is 5.98. The van der Waals surface area contributed by atoms with E-state index in [2.05, 4.69) is 13.8 Å². The predicted molar refractivity (Wildman–Crippen MR) is 73.5 cm³/mol. The third kappa shape index (κ3) is 2.15. The maximum Gasteiger partial charge on any atom is 0.316 e. The Morgan fingerprint density at radius 3 is 2.63 bits per heavy atom. The minimum absolute atomic E-state index is 0.0158. The van der Waals surface area contributed by atoms with E-state index in [9.17, 15) is 9.59 Å². The van der Waals surface area contributed by atoms with Crippen LogP contribution >= 0.6 is 0 Å². The molecule has 0 aromatic heterocycles. The second kappa shape index (κ2) is 4.95. The normalized spacial score (nSPS) is 30.5. The van der Waals surface area contributed by atoms with Gasteiger partial charge in [0, 0.05) is 6.42 Å². The number of carbonyl (C=O) groups excluding carboxylic acids is 2. The molecule has 0 aliphatic heterocycles. The Kier molecular flexibility index (Phi) is 3.66. The molecule has 2 aliphatic rings. The number of hydrogen-bond acceptors (Lipinski definition) is 3. The van der Waals surface area contributed by atoms with Crippen LogP contribution in [-0.2, 0) is 14.3 Å². The summed E-state index contributed by atoms with van der Waals surface area (Å²) in [6, 6.07) is 0. The van der Waals surface area contributed by atoms with Crippen molar-refractivity contribution >= 4 is 11.8 Å². The van der Waals surface area contributed by atoms with Crippen LogP contribution in [0, 0.1) is 11.3 Å². The quantitative estimate of drug-likeness (QED) is 0.538. The lowest BCUT2D eigenvalue weighted by Crippen LogP contribution is -2.45. The summed E-state index contributed by atoms with van der Waals surface area (Å²) < 4.78 is 5.07. The third-order valence-electron chi connectivity index (χ3n) is 4.70. The average Bonchev–Trinajstić information content (AvgIpc) is 2.37. The lowest BCUT2D eigenvalue weighted by molar-refractivity contribution is -0.154. The molecule has 0 spiro atoms. The van der Waals surface area contributed by atoms with Crippen molar-refractivity contribution in [3.05, 3.63) is 22.8 Å². The van der Waals surface area contributed by atoms with E-state index in [-0.39, 0.29) is 17.7 Å². The Morgan fingerprint density at radius 2 is 2.05 bits per heavy atom. The zero-order valence-corrected chi connectivity index (χ0v) is 12.2. The Morgan fingerprint density at radius 1 is 1.37 bits per heavy atom. The van der Waals surface area contributed by atoms with Gasteiger partial charge in [-0.15, -0.1) is 0 Å². The summed E-state index contributed by atoms with van der Waals surface area (Å²) in [6.07, 6.45) is 4.59. The van der Waals surface area contributed by atoms with Gasteiger partial charge in [-0.3, -0.25) is 9.59 Å². The Labute approximate surface area is 114 Å². The minimum Gasteiger partial charge on any atom is -0.468 e. The number of rotatable bonds is 1. The van der Waals surface area contributed by atoms with Gasteiger partial charge >= 0.3 is 5.97 Å². The maximum absolute atomic E-state index is 12.4. The highest BCUT2D eigenvalue weighted by molar-refractivity contribution is 5.96. The molecule has 2 aliphatic carbocycles. The standard InChI is InChI=1S/C16H22O3/c1-10(2)12-5-6-13-8-14(17)7-11(3)16(13,9-12)15(18)19-4/h8,11H,5-7,9H2,1-4H3. The molecule has 0 saturated heterocycles. The molecule has 0 radical (unpaired) electrons. The van der Waals surface area contributed by atoms with E-state index in [1.807, 2.05) is 6.92 Å². The number of esters is 1. The molecular formula is C16H22O3. The second-order valence-electron chi connectivity index (χ2n) is 5.98. The zero-order chi connectivity index (χ0) is 14.2. The van der Waals surface area contributed by atoms with Crippen molar-refractivity contribution in [2.45, 2.75) is 46.5 Å². The number of carbonyl (C=O) groups is 2. The van der Waals surface area contributed by atoms with E-state index in [1.165, 1.54) is 18.3 Å². The molecule has 2 atom stereocenters. The number of methoxy groups -OCH3 is 1. The highest BCUT2D eigenvalue weighted by Crippen LogP contribution is 2.52. The van der Waals surface area contributed by atoms with Crippen LogP contribution in [0.15, 0.2) is 22.8 Å². The molecule has 1 fully saturated rings. The van der Waals surface area contributed by atoms with Gasteiger partial charge in [0.2, 0.25) is 0 Å². The first-order chi connectivity index (χ1) is 8.91. The van der Waals surface area contributed by atoms with Crippen molar-refractivity contribution in [2.24, 2.45) is 11.3 Å². The van der Waals surface area contributed by atoms with Crippen molar-refractivity contribution in [1.29, 1.82) is 0 Å². The van der Waals surface area contributed by atoms with Gasteiger partial charge < -0.3 is 4.74 Å². The summed E-state index contributed by atoms with van der Waals surface area (Å²) in [4.78, 5) is 24.2. The van der Waals surface area contributed by atoms with Crippen LogP contribution in [0.3, 0.4) is 0 Å². The van der Waals surface area contributed by atoms with Crippen molar-refractivity contribution in [2.75, 3.05) is 7.11 Å². The smallest absolute Gasteiger partial charge is 0.316 e. The highest BCUT2D eigenvalue weighted by atomic mass is 16.5.